The second-order valence-corrected chi connectivity index (χ2v) is 4.28. The number of hydrogen-bond acceptors (Lipinski definition) is 3. The van der Waals surface area contributed by atoms with Gasteiger partial charge in [0.1, 0.15) is 11.3 Å². The molecule has 2 aromatic rings. The van der Waals surface area contributed by atoms with Crippen molar-refractivity contribution in [3.05, 3.63) is 36.1 Å². The van der Waals surface area contributed by atoms with E-state index < -0.39 is 0 Å². The highest BCUT2D eigenvalue weighted by molar-refractivity contribution is 5.85. The van der Waals surface area contributed by atoms with E-state index in [2.05, 4.69) is 22.3 Å². The Bertz CT molecular complexity index is 448. The van der Waals surface area contributed by atoms with Gasteiger partial charge in [0.25, 0.3) is 0 Å². The first kappa shape index (κ1) is 15.3. The maximum absolute atomic E-state index is 5.81. The zero-order valence-electron chi connectivity index (χ0n) is 10.1. The Morgan fingerprint density at radius 1 is 1.11 bits per heavy atom. The Labute approximate surface area is 119 Å². The molecule has 1 aromatic heterocycles. The van der Waals surface area contributed by atoms with Crippen LogP contribution in [0.3, 0.4) is 0 Å². The summed E-state index contributed by atoms with van der Waals surface area (Å²) in [7, 11) is 0. The van der Waals surface area contributed by atoms with Crippen LogP contribution in [0.15, 0.2) is 34.7 Å². The number of hydrogen-bond donors (Lipinski definition) is 1. The van der Waals surface area contributed by atoms with Crippen molar-refractivity contribution >= 4 is 35.8 Å². The van der Waals surface area contributed by atoms with E-state index in [1.165, 1.54) is 5.39 Å². The van der Waals surface area contributed by atoms with Crippen LogP contribution in [0, 0.1) is 0 Å². The predicted octanol–water partition coefficient (Wildman–Crippen LogP) is 2.68. The van der Waals surface area contributed by atoms with Crippen LogP contribution in [0.5, 0.6) is 0 Å². The van der Waals surface area contributed by atoms with Crippen LogP contribution < -0.4 is 5.32 Å². The van der Waals surface area contributed by atoms with E-state index in [9.17, 15) is 0 Å². The fourth-order valence-electron chi connectivity index (χ4n) is 2.20. The van der Waals surface area contributed by atoms with Crippen molar-refractivity contribution in [2.75, 3.05) is 26.2 Å². The molecule has 2 heterocycles. The maximum atomic E-state index is 5.81. The van der Waals surface area contributed by atoms with E-state index in [1.807, 2.05) is 18.2 Å². The average molecular weight is 289 g/mol. The lowest BCUT2D eigenvalue weighted by atomic mass is 10.2. The van der Waals surface area contributed by atoms with Gasteiger partial charge in [-0.1, -0.05) is 18.2 Å². The highest BCUT2D eigenvalue weighted by Crippen LogP contribution is 2.19. The molecule has 1 aliphatic rings. The van der Waals surface area contributed by atoms with Crippen LogP contribution >= 0.6 is 24.8 Å². The zero-order chi connectivity index (χ0) is 10.8. The molecule has 0 radical (unpaired) electrons. The van der Waals surface area contributed by atoms with E-state index >= 15 is 0 Å². The van der Waals surface area contributed by atoms with Crippen LogP contribution in [-0.2, 0) is 6.54 Å². The zero-order valence-corrected chi connectivity index (χ0v) is 11.7. The molecule has 0 atom stereocenters. The summed E-state index contributed by atoms with van der Waals surface area (Å²) in [6, 6.07) is 10.3. The first-order valence-corrected chi connectivity index (χ1v) is 5.82. The Morgan fingerprint density at radius 2 is 1.83 bits per heavy atom. The van der Waals surface area contributed by atoms with E-state index in [1.54, 1.807) is 0 Å². The lowest BCUT2D eigenvalue weighted by Crippen LogP contribution is -2.42. The van der Waals surface area contributed by atoms with Gasteiger partial charge in [-0.25, -0.2) is 0 Å². The van der Waals surface area contributed by atoms with Crippen LogP contribution in [-0.4, -0.2) is 31.1 Å². The predicted molar refractivity (Wildman–Crippen MR) is 78.9 cm³/mol. The summed E-state index contributed by atoms with van der Waals surface area (Å²) in [6.45, 7) is 5.31. The minimum Gasteiger partial charge on any atom is -0.460 e. The van der Waals surface area contributed by atoms with Crippen molar-refractivity contribution in [3.8, 4) is 0 Å². The van der Waals surface area contributed by atoms with E-state index in [0.717, 1.165) is 44.1 Å². The molecule has 1 aromatic carbocycles. The quantitative estimate of drug-likeness (QED) is 0.921. The molecule has 3 rings (SSSR count). The molecule has 0 saturated carbocycles. The van der Waals surface area contributed by atoms with Crippen LogP contribution in [0.4, 0.5) is 0 Å². The van der Waals surface area contributed by atoms with E-state index in [4.69, 9.17) is 4.42 Å². The lowest BCUT2D eigenvalue weighted by molar-refractivity contribution is 0.218. The van der Waals surface area contributed by atoms with Crippen LogP contribution in [0.2, 0.25) is 0 Å². The average Bonchev–Trinajstić information content (AvgIpc) is 2.72. The molecule has 0 aliphatic carbocycles. The van der Waals surface area contributed by atoms with Gasteiger partial charge in [-0.2, -0.15) is 0 Å². The van der Waals surface area contributed by atoms with Gasteiger partial charge < -0.3 is 9.73 Å². The molecule has 100 valence electrons. The largest absolute Gasteiger partial charge is 0.460 e. The molecule has 0 unspecified atom stereocenters. The van der Waals surface area contributed by atoms with Crippen LogP contribution in [0.25, 0.3) is 11.0 Å². The smallest absolute Gasteiger partial charge is 0.134 e. The number of nitrogens with one attached hydrogen (secondary N) is 1. The summed E-state index contributed by atoms with van der Waals surface area (Å²) >= 11 is 0. The monoisotopic (exact) mass is 288 g/mol. The third-order valence-electron chi connectivity index (χ3n) is 3.07. The highest BCUT2D eigenvalue weighted by Gasteiger charge is 2.12. The van der Waals surface area contributed by atoms with Gasteiger partial charge in [0.15, 0.2) is 0 Å². The van der Waals surface area contributed by atoms with Gasteiger partial charge in [0, 0.05) is 31.6 Å². The Balaban J connectivity index is 0.000000810. The summed E-state index contributed by atoms with van der Waals surface area (Å²) < 4.78 is 5.81. The van der Waals surface area contributed by atoms with Gasteiger partial charge in [-0.3, -0.25) is 4.90 Å². The van der Waals surface area contributed by atoms with Crippen molar-refractivity contribution in [1.82, 2.24) is 10.2 Å². The van der Waals surface area contributed by atoms with Gasteiger partial charge >= 0.3 is 0 Å². The molecular formula is C13H18Cl2N2O. The molecule has 18 heavy (non-hydrogen) atoms. The topological polar surface area (TPSA) is 28.4 Å². The van der Waals surface area contributed by atoms with Crippen molar-refractivity contribution in [3.63, 3.8) is 0 Å². The Morgan fingerprint density at radius 3 is 2.56 bits per heavy atom. The number of rotatable bonds is 2. The number of piperazine rings is 1. The van der Waals surface area contributed by atoms with Gasteiger partial charge in [0.2, 0.25) is 0 Å². The summed E-state index contributed by atoms with van der Waals surface area (Å²) in [5.74, 6) is 1.07. The molecular weight excluding hydrogens is 271 g/mol. The second kappa shape index (κ2) is 7.00. The third kappa shape index (κ3) is 3.39. The normalized spacial score (nSPS) is 16.0. The summed E-state index contributed by atoms with van der Waals surface area (Å²) in [5.41, 5.74) is 0.993. The van der Waals surface area contributed by atoms with Crippen molar-refractivity contribution in [1.29, 1.82) is 0 Å². The number of halogens is 2. The van der Waals surface area contributed by atoms with E-state index in [-0.39, 0.29) is 24.8 Å². The molecule has 0 amide bonds. The molecule has 3 nitrogen and oxygen atoms in total. The van der Waals surface area contributed by atoms with Crippen molar-refractivity contribution in [2.45, 2.75) is 6.54 Å². The second-order valence-electron chi connectivity index (χ2n) is 4.28. The number of benzene rings is 1. The van der Waals surface area contributed by atoms with E-state index in [0.29, 0.717) is 0 Å². The standard InChI is InChI=1S/C13H16N2O.2ClH/c1-2-4-13-11(3-1)9-12(16-13)10-15-7-5-14-6-8-15;;/h1-4,9,14H,5-8,10H2;2*1H. The molecule has 1 N–H and O–H groups in total. The Hall–Kier alpha value is -0.740. The fraction of sp³-hybridized carbons (Fsp3) is 0.385. The molecule has 0 spiro atoms. The number of furan rings is 1. The highest BCUT2D eigenvalue weighted by atomic mass is 35.5. The van der Waals surface area contributed by atoms with Crippen molar-refractivity contribution in [2.24, 2.45) is 0 Å². The molecule has 1 saturated heterocycles. The molecule has 0 bridgehead atoms. The number of para-hydroxylation sites is 1. The van der Waals surface area contributed by atoms with Crippen LogP contribution in [0.1, 0.15) is 5.76 Å². The summed E-state index contributed by atoms with van der Waals surface area (Å²) in [5, 5.41) is 4.56. The third-order valence-corrected chi connectivity index (χ3v) is 3.07. The molecule has 5 heteroatoms. The van der Waals surface area contributed by atoms with Gasteiger partial charge in [0.05, 0.1) is 6.54 Å². The first-order chi connectivity index (χ1) is 7.92. The lowest BCUT2D eigenvalue weighted by Gasteiger charge is -2.26. The number of nitrogens with zero attached hydrogens (tertiary/aromatic N) is 1. The SMILES string of the molecule is Cl.Cl.c1ccc2oc(CN3CCNCC3)cc2c1. The fourth-order valence-corrected chi connectivity index (χ4v) is 2.20. The van der Waals surface area contributed by atoms with Crippen molar-refractivity contribution < 1.29 is 4.42 Å². The minimum absolute atomic E-state index is 0. The summed E-state index contributed by atoms with van der Waals surface area (Å²) in [6.07, 6.45) is 0. The minimum atomic E-state index is 0. The summed E-state index contributed by atoms with van der Waals surface area (Å²) in [4.78, 5) is 2.42. The maximum Gasteiger partial charge on any atom is 0.134 e. The molecule has 1 aliphatic heterocycles. The van der Waals surface area contributed by atoms with Gasteiger partial charge in [-0.05, 0) is 12.1 Å². The molecule has 1 fully saturated rings. The Kier molecular flexibility index (Phi) is 5.96. The number of fused-ring (bicyclic) bond motifs is 1. The first-order valence-electron chi connectivity index (χ1n) is 5.82. The van der Waals surface area contributed by atoms with Gasteiger partial charge in [-0.15, -0.1) is 24.8 Å².